The first-order valence-corrected chi connectivity index (χ1v) is 7.37. The van der Waals surface area contributed by atoms with Gasteiger partial charge in [-0.15, -0.1) is 0 Å². The zero-order chi connectivity index (χ0) is 13.7. The van der Waals surface area contributed by atoms with Gasteiger partial charge in [0.1, 0.15) is 5.82 Å². The average Bonchev–Trinajstić information content (AvgIpc) is 2.99. The van der Waals surface area contributed by atoms with Crippen molar-refractivity contribution in [1.29, 1.82) is 0 Å². The van der Waals surface area contributed by atoms with Gasteiger partial charge in [0.25, 0.3) is 0 Å². The Labute approximate surface area is 126 Å². The van der Waals surface area contributed by atoms with Gasteiger partial charge >= 0.3 is 0 Å². The molecule has 2 aromatic carbocycles. The lowest BCUT2D eigenvalue weighted by Crippen LogP contribution is -1.88. The molecule has 2 nitrogen and oxygen atoms in total. The van der Waals surface area contributed by atoms with Gasteiger partial charge < -0.3 is 0 Å². The minimum Gasteiger partial charge on any atom is -0.269 e. The molecular weight excluding hydrogens is 312 g/mol. The fraction of sp³-hybridized carbons (Fsp3) is 0.118. The average molecular weight is 325 g/mol. The van der Waals surface area contributed by atoms with Crippen LogP contribution in [-0.2, 0) is 6.42 Å². The third-order valence-corrected chi connectivity index (χ3v) is 4.67. The smallest absolute Gasteiger partial charge is 0.116 e. The fourth-order valence-electron chi connectivity index (χ4n) is 2.98. The van der Waals surface area contributed by atoms with Crippen LogP contribution in [0.2, 0.25) is 0 Å². The van der Waals surface area contributed by atoms with Crippen molar-refractivity contribution in [3.63, 3.8) is 0 Å². The number of imidazole rings is 1. The normalized spacial score (nSPS) is 12.3. The highest BCUT2D eigenvalue weighted by Gasteiger charge is 2.21. The molecule has 0 saturated heterocycles. The summed E-state index contributed by atoms with van der Waals surface area (Å²) >= 11 is 3.48. The number of halogens is 1. The summed E-state index contributed by atoms with van der Waals surface area (Å²) in [4.78, 5) is 4.64. The van der Waals surface area contributed by atoms with Crippen molar-refractivity contribution in [2.24, 2.45) is 0 Å². The molecule has 0 radical (unpaired) electrons. The maximum Gasteiger partial charge on any atom is 0.116 e. The maximum atomic E-state index is 4.64. The molecule has 0 amide bonds. The van der Waals surface area contributed by atoms with Crippen LogP contribution in [0.25, 0.3) is 22.4 Å². The minimum absolute atomic E-state index is 0.966. The molecule has 0 N–H and O–H groups in total. The summed E-state index contributed by atoms with van der Waals surface area (Å²) < 4.78 is 1.89. The molecule has 1 aromatic heterocycles. The zero-order valence-electron chi connectivity index (χ0n) is 11.1. The van der Waals surface area contributed by atoms with E-state index in [1.54, 1.807) is 0 Å². The van der Waals surface area contributed by atoms with Crippen LogP contribution in [0.5, 0.6) is 0 Å². The first kappa shape index (κ1) is 11.9. The van der Waals surface area contributed by atoms with Crippen molar-refractivity contribution in [3.05, 3.63) is 65.6 Å². The van der Waals surface area contributed by atoms with Crippen molar-refractivity contribution in [1.82, 2.24) is 8.58 Å². The van der Waals surface area contributed by atoms with Gasteiger partial charge in [0.05, 0.1) is 21.8 Å². The standard InChI is InChI=1S/C17H13BrN2/c1-11-19-17(10-20(11)18)15-8-4-7-14-13-6-3-2-5-12(13)9-16(14)15/h2-8,10H,9H2,1H3. The van der Waals surface area contributed by atoms with E-state index >= 15 is 0 Å². The molecule has 20 heavy (non-hydrogen) atoms. The second kappa shape index (κ2) is 4.32. The van der Waals surface area contributed by atoms with E-state index in [9.17, 15) is 0 Å². The molecule has 3 heteroatoms. The number of fused-ring (bicyclic) bond motifs is 3. The maximum absolute atomic E-state index is 4.64. The number of aromatic nitrogens is 2. The van der Waals surface area contributed by atoms with Crippen LogP contribution in [0.4, 0.5) is 0 Å². The molecule has 0 unspecified atom stereocenters. The van der Waals surface area contributed by atoms with Gasteiger partial charge in [0.15, 0.2) is 0 Å². The zero-order valence-corrected chi connectivity index (χ0v) is 12.7. The topological polar surface area (TPSA) is 17.8 Å². The van der Waals surface area contributed by atoms with Gasteiger partial charge in [-0.3, -0.25) is 3.59 Å². The highest BCUT2D eigenvalue weighted by molar-refractivity contribution is 9.08. The van der Waals surface area contributed by atoms with E-state index in [4.69, 9.17) is 0 Å². The van der Waals surface area contributed by atoms with Crippen LogP contribution < -0.4 is 0 Å². The second-order valence-corrected chi connectivity index (χ2v) is 5.91. The molecule has 0 spiro atoms. The molecule has 0 atom stereocenters. The summed E-state index contributed by atoms with van der Waals surface area (Å²) in [6.07, 6.45) is 3.03. The number of benzene rings is 2. The quantitative estimate of drug-likeness (QED) is 0.501. The van der Waals surface area contributed by atoms with Crippen LogP contribution in [0.1, 0.15) is 17.0 Å². The lowest BCUT2D eigenvalue weighted by molar-refractivity contribution is 1.11. The molecule has 98 valence electrons. The summed E-state index contributed by atoms with van der Waals surface area (Å²) in [7, 11) is 0. The van der Waals surface area contributed by atoms with E-state index in [1.807, 2.05) is 16.7 Å². The Bertz CT molecular complexity index is 798. The van der Waals surface area contributed by atoms with E-state index < -0.39 is 0 Å². The third-order valence-electron chi connectivity index (χ3n) is 3.95. The SMILES string of the molecule is Cc1nc(-c2cccc3c2Cc2ccccc2-3)cn1Br. The highest BCUT2D eigenvalue weighted by atomic mass is 79.9. The van der Waals surface area contributed by atoms with Crippen LogP contribution in [0, 0.1) is 6.92 Å². The predicted molar refractivity (Wildman–Crippen MR) is 85.0 cm³/mol. The van der Waals surface area contributed by atoms with Crippen molar-refractivity contribution >= 4 is 16.1 Å². The number of hydrogen-bond acceptors (Lipinski definition) is 1. The molecule has 0 aliphatic heterocycles. The van der Waals surface area contributed by atoms with Crippen LogP contribution >= 0.6 is 16.1 Å². The van der Waals surface area contributed by atoms with Gasteiger partial charge in [0.2, 0.25) is 0 Å². The molecule has 0 saturated carbocycles. The fourth-order valence-corrected chi connectivity index (χ4v) is 3.25. The Kier molecular flexibility index (Phi) is 2.57. The van der Waals surface area contributed by atoms with E-state index in [1.165, 1.54) is 27.8 Å². The molecule has 1 aliphatic carbocycles. The van der Waals surface area contributed by atoms with Crippen molar-refractivity contribution < 1.29 is 0 Å². The first-order chi connectivity index (χ1) is 9.74. The van der Waals surface area contributed by atoms with Gasteiger partial charge in [-0.05, 0) is 35.6 Å². The second-order valence-electron chi connectivity index (χ2n) is 5.15. The van der Waals surface area contributed by atoms with Crippen LogP contribution in [-0.4, -0.2) is 8.58 Å². The van der Waals surface area contributed by atoms with Gasteiger partial charge in [-0.25, -0.2) is 4.98 Å². The third kappa shape index (κ3) is 1.66. The monoisotopic (exact) mass is 324 g/mol. The molecule has 1 heterocycles. The van der Waals surface area contributed by atoms with Crippen molar-refractivity contribution in [3.8, 4) is 22.4 Å². The molecule has 0 fully saturated rings. The van der Waals surface area contributed by atoms with E-state index in [-0.39, 0.29) is 0 Å². The Balaban J connectivity index is 1.93. The summed E-state index contributed by atoms with van der Waals surface area (Å²) in [6.45, 7) is 2.00. The number of hydrogen-bond donors (Lipinski definition) is 0. The Hall–Kier alpha value is -1.87. The van der Waals surface area contributed by atoms with Gasteiger partial charge in [-0.1, -0.05) is 42.5 Å². The van der Waals surface area contributed by atoms with E-state index in [0.717, 1.165) is 17.9 Å². The number of aryl methyl sites for hydroxylation is 1. The first-order valence-electron chi connectivity index (χ1n) is 6.67. The summed E-state index contributed by atoms with van der Waals surface area (Å²) in [5.41, 5.74) is 7.77. The van der Waals surface area contributed by atoms with Crippen molar-refractivity contribution in [2.45, 2.75) is 13.3 Å². The predicted octanol–water partition coefficient (Wildman–Crippen LogP) is 4.59. The largest absolute Gasteiger partial charge is 0.269 e. The minimum atomic E-state index is 0.966. The number of rotatable bonds is 1. The Morgan fingerprint density at radius 3 is 2.55 bits per heavy atom. The molecular formula is C17H13BrN2. The van der Waals surface area contributed by atoms with Crippen LogP contribution in [0.15, 0.2) is 48.7 Å². The molecule has 0 bridgehead atoms. The van der Waals surface area contributed by atoms with Crippen molar-refractivity contribution in [2.75, 3.05) is 0 Å². The summed E-state index contributed by atoms with van der Waals surface area (Å²) in [5.74, 6) is 0.966. The van der Waals surface area contributed by atoms with Crippen LogP contribution in [0.3, 0.4) is 0 Å². The Morgan fingerprint density at radius 1 is 1.00 bits per heavy atom. The molecule has 4 rings (SSSR count). The number of nitrogens with zero attached hydrogens (tertiary/aromatic N) is 2. The summed E-state index contributed by atoms with van der Waals surface area (Å²) in [5, 5.41) is 0. The van der Waals surface area contributed by atoms with E-state index in [2.05, 4.69) is 63.6 Å². The molecule has 1 aliphatic rings. The van der Waals surface area contributed by atoms with Gasteiger partial charge in [0, 0.05) is 11.8 Å². The lowest BCUT2D eigenvalue weighted by Gasteiger charge is -2.05. The van der Waals surface area contributed by atoms with Gasteiger partial charge in [-0.2, -0.15) is 0 Å². The Morgan fingerprint density at radius 2 is 1.75 bits per heavy atom. The lowest BCUT2D eigenvalue weighted by atomic mass is 9.99. The molecule has 3 aromatic rings. The summed E-state index contributed by atoms with van der Waals surface area (Å²) in [6, 6.07) is 15.1. The van der Waals surface area contributed by atoms with E-state index in [0.29, 0.717) is 0 Å². The highest BCUT2D eigenvalue weighted by Crippen LogP contribution is 2.41.